The van der Waals surface area contributed by atoms with E-state index in [-0.39, 0.29) is 12.5 Å². The maximum Gasteiger partial charge on any atom is 0.221 e. The first-order chi connectivity index (χ1) is 18.4. The fourth-order valence-electron chi connectivity index (χ4n) is 3.61. The average Bonchev–Trinajstić information content (AvgIpc) is 2.93. The molecule has 8 nitrogen and oxygen atoms in total. The molecule has 0 aliphatic rings. The molecule has 0 aliphatic carbocycles. The van der Waals surface area contributed by atoms with Gasteiger partial charge >= 0.3 is 0 Å². The van der Waals surface area contributed by atoms with Crippen molar-refractivity contribution in [3.8, 4) is 34.8 Å². The number of hydrogen-bond acceptors (Lipinski definition) is 7. The van der Waals surface area contributed by atoms with Crippen molar-refractivity contribution in [2.75, 3.05) is 46.3 Å². The Kier molecular flexibility index (Phi) is 10.8. The van der Waals surface area contributed by atoms with Crippen LogP contribution in [-0.2, 0) is 11.2 Å². The lowest BCUT2D eigenvalue weighted by atomic mass is 10.1. The van der Waals surface area contributed by atoms with Crippen LogP contribution in [0.2, 0.25) is 0 Å². The Labute approximate surface area is 223 Å². The first-order valence-corrected chi connectivity index (χ1v) is 12.2. The molecule has 8 heteroatoms. The Morgan fingerprint density at radius 3 is 2.34 bits per heavy atom. The summed E-state index contributed by atoms with van der Waals surface area (Å²) < 4.78 is 21.9. The first-order valence-electron chi connectivity index (χ1n) is 12.2. The molecule has 0 radical (unpaired) electrons. The minimum absolute atomic E-state index is 0.0939. The highest BCUT2D eigenvalue weighted by atomic mass is 16.5. The smallest absolute Gasteiger partial charge is 0.221 e. The van der Waals surface area contributed by atoms with Gasteiger partial charge in [0.05, 0.1) is 26.9 Å². The van der Waals surface area contributed by atoms with E-state index in [1.807, 2.05) is 42.5 Å². The molecular weight excluding hydrogens is 484 g/mol. The number of anilines is 1. The SMILES string of the molecule is COc1ccc(C#Cc2ccc(NC(C)=O)cc2)c(OCC(O)CNCCc2ccc(OC)c(OC)c2)c1. The Morgan fingerprint density at radius 2 is 1.66 bits per heavy atom. The van der Waals surface area contributed by atoms with Crippen LogP contribution >= 0.6 is 0 Å². The van der Waals surface area contributed by atoms with E-state index < -0.39 is 6.10 Å². The van der Waals surface area contributed by atoms with Crippen LogP contribution in [0.5, 0.6) is 23.0 Å². The molecule has 1 atom stereocenters. The molecule has 0 saturated carbocycles. The molecule has 0 aliphatic heterocycles. The third-order valence-electron chi connectivity index (χ3n) is 5.59. The lowest BCUT2D eigenvalue weighted by molar-refractivity contribution is -0.114. The highest BCUT2D eigenvalue weighted by molar-refractivity contribution is 5.88. The highest BCUT2D eigenvalue weighted by Gasteiger charge is 2.10. The predicted molar refractivity (Wildman–Crippen MR) is 147 cm³/mol. The Balaban J connectivity index is 1.54. The quantitative estimate of drug-likeness (QED) is 0.249. The summed E-state index contributed by atoms with van der Waals surface area (Å²) in [6.45, 7) is 2.62. The van der Waals surface area contributed by atoms with Crippen LogP contribution in [0.15, 0.2) is 60.7 Å². The Hall–Kier alpha value is -4.19. The number of aliphatic hydroxyl groups is 1. The van der Waals surface area contributed by atoms with E-state index in [9.17, 15) is 9.90 Å². The lowest BCUT2D eigenvalue weighted by Crippen LogP contribution is -2.32. The number of aliphatic hydroxyl groups excluding tert-OH is 1. The van der Waals surface area contributed by atoms with Crippen molar-refractivity contribution < 1.29 is 28.8 Å². The second kappa shape index (κ2) is 14.5. The summed E-state index contributed by atoms with van der Waals surface area (Å²) in [4.78, 5) is 11.2. The van der Waals surface area contributed by atoms with Crippen LogP contribution in [0, 0.1) is 11.8 Å². The standard InChI is InChI=1S/C30H34N2O6/c1-21(33)32-25-11-6-22(7-12-25)5-9-24-10-13-27(35-2)18-29(24)38-20-26(34)19-31-16-15-23-8-14-28(36-3)30(17-23)37-4/h6-8,10-14,17-18,26,31,34H,15-16,19-20H2,1-4H3,(H,32,33). The maximum atomic E-state index is 11.2. The second-order valence-electron chi connectivity index (χ2n) is 8.48. The second-order valence-corrected chi connectivity index (χ2v) is 8.48. The summed E-state index contributed by atoms with van der Waals surface area (Å²) >= 11 is 0. The van der Waals surface area contributed by atoms with E-state index in [1.54, 1.807) is 39.5 Å². The fraction of sp³-hybridized carbons (Fsp3) is 0.300. The maximum absolute atomic E-state index is 11.2. The third-order valence-corrected chi connectivity index (χ3v) is 5.59. The zero-order chi connectivity index (χ0) is 27.3. The van der Waals surface area contributed by atoms with E-state index in [4.69, 9.17) is 18.9 Å². The average molecular weight is 519 g/mol. The molecule has 200 valence electrons. The van der Waals surface area contributed by atoms with Gasteiger partial charge in [0.25, 0.3) is 0 Å². The molecule has 3 aromatic carbocycles. The Morgan fingerprint density at radius 1 is 0.895 bits per heavy atom. The third kappa shape index (κ3) is 8.73. The van der Waals surface area contributed by atoms with E-state index in [0.717, 1.165) is 17.5 Å². The van der Waals surface area contributed by atoms with Crippen LogP contribution in [0.4, 0.5) is 5.69 Å². The van der Waals surface area contributed by atoms with Crippen molar-refractivity contribution in [2.24, 2.45) is 0 Å². The van der Waals surface area contributed by atoms with E-state index in [0.29, 0.717) is 47.3 Å². The number of carbonyl (C=O) groups excluding carboxylic acids is 1. The van der Waals surface area contributed by atoms with Gasteiger partial charge in [0.1, 0.15) is 24.2 Å². The van der Waals surface area contributed by atoms with Gasteiger partial charge in [-0.15, -0.1) is 0 Å². The van der Waals surface area contributed by atoms with Crippen molar-refractivity contribution in [2.45, 2.75) is 19.4 Å². The van der Waals surface area contributed by atoms with Crippen LogP contribution in [-0.4, -0.2) is 58.1 Å². The number of methoxy groups -OCH3 is 3. The van der Waals surface area contributed by atoms with Gasteiger partial charge in [-0.1, -0.05) is 17.9 Å². The van der Waals surface area contributed by atoms with E-state index in [2.05, 4.69) is 22.5 Å². The van der Waals surface area contributed by atoms with Crippen molar-refractivity contribution in [1.29, 1.82) is 0 Å². The molecule has 3 aromatic rings. The predicted octanol–water partition coefficient (Wildman–Crippen LogP) is 3.64. The number of ether oxygens (including phenoxy) is 4. The Bertz CT molecular complexity index is 1260. The van der Waals surface area contributed by atoms with Crippen LogP contribution in [0.25, 0.3) is 0 Å². The molecule has 3 rings (SSSR count). The van der Waals surface area contributed by atoms with E-state index >= 15 is 0 Å². The van der Waals surface area contributed by atoms with Gasteiger partial charge in [-0.3, -0.25) is 4.79 Å². The minimum Gasteiger partial charge on any atom is -0.497 e. The number of amides is 1. The van der Waals surface area contributed by atoms with Gasteiger partial charge in [0, 0.05) is 30.8 Å². The van der Waals surface area contributed by atoms with Gasteiger partial charge < -0.3 is 34.7 Å². The highest BCUT2D eigenvalue weighted by Crippen LogP contribution is 2.27. The van der Waals surface area contributed by atoms with Gasteiger partial charge in [-0.25, -0.2) is 0 Å². The monoisotopic (exact) mass is 518 g/mol. The zero-order valence-corrected chi connectivity index (χ0v) is 22.2. The molecule has 3 N–H and O–H groups in total. The van der Waals surface area contributed by atoms with Crippen molar-refractivity contribution in [3.05, 3.63) is 77.4 Å². The largest absolute Gasteiger partial charge is 0.497 e. The molecule has 0 aromatic heterocycles. The molecule has 0 spiro atoms. The summed E-state index contributed by atoms with van der Waals surface area (Å²) in [5.74, 6) is 8.64. The molecule has 0 fully saturated rings. The molecule has 1 amide bonds. The van der Waals surface area contributed by atoms with Crippen LogP contribution < -0.4 is 29.6 Å². The van der Waals surface area contributed by atoms with Gasteiger partial charge in [-0.2, -0.15) is 0 Å². The molecule has 0 bridgehead atoms. The molecule has 1 unspecified atom stereocenters. The fourth-order valence-corrected chi connectivity index (χ4v) is 3.61. The summed E-state index contributed by atoms with van der Waals surface area (Å²) in [7, 11) is 4.80. The summed E-state index contributed by atoms with van der Waals surface area (Å²) in [6.07, 6.45) is 0.0590. The number of carbonyl (C=O) groups is 1. The van der Waals surface area contributed by atoms with Gasteiger partial charge in [0.2, 0.25) is 5.91 Å². The summed E-state index contributed by atoms with van der Waals surface area (Å²) in [5.41, 5.74) is 3.28. The zero-order valence-electron chi connectivity index (χ0n) is 22.2. The number of hydrogen-bond donors (Lipinski definition) is 3. The molecular formula is C30H34N2O6. The van der Waals surface area contributed by atoms with Crippen molar-refractivity contribution in [3.63, 3.8) is 0 Å². The molecule has 0 heterocycles. The summed E-state index contributed by atoms with van der Waals surface area (Å²) in [5, 5.41) is 16.4. The van der Waals surface area contributed by atoms with Gasteiger partial charge in [-0.05, 0) is 67.1 Å². The molecule has 0 saturated heterocycles. The van der Waals surface area contributed by atoms with Crippen LogP contribution in [0.3, 0.4) is 0 Å². The first kappa shape index (κ1) is 28.4. The number of nitrogens with one attached hydrogen (secondary N) is 2. The van der Waals surface area contributed by atoms with Crippen molar-refractivity contribution in [1.82, 2.24) is 5.32 Å². The number of rotatable bonds is 12. The normalized spacial score (nSPS) is 11.1. The lowest BCUT2D eigenvalue weighted by Gasteiger charge is -2.15. The number of benzene rings is 3. The summed E-state index contributed by atoms with van der Waals surface area (Å²) in [6, 6.07) is 18.5. The van der Waals surface area contributed by atoms with Crippen molar-refractivity contribution >= 4 is 11.6 Å². The van der Waals surface area contributed by atoms with Crippen LogP contribution in [0.1, 0.15) is 23.6 Å². The minimum atomic E-state index is -0.714. The molecule has 38 heavy (non-hydrogen) atoms. The van der Waals surface area contributed by atoms with E-state index in [1.165, 1.54) is 6.92 Å². The van der Waals surface area contributed by atoms with Gasteiger partial charge in [0.15, 0.2) is 11.5 Å². The topological polar surface area (TPSA) is 98.3 Å².